The highest BCUT2D eigenvalue weighted by Gasteiger charge is 2.29. The standard InChI is InChI=1S/C19H24N2O3S/c1-4-14-25(23,24)21-17-12-10-16(11-13-17)20-18(22)19(2,3)15-8-6-5-7-9-15/h5-13,21H,4,14H2,1-3H3,(H,20,22). The highest BCUT2D eigenvalue weighted by atomic mass is 32.2. The van der Waals surface area contributed by atoms with Crippen molar-refractivity contribution in [1.82, 2.24) is 0 Å². The third kappa shape index (κ3) is 5.06. The van der Waals surface area contributed by atoms with Crippen LogP contribution in [-0.4, -0.2) is 20.1 Å². The van der Waals surface area contributed by atoms with Gasteiger partial charge >= 0.3 is 0 Å². The van der Waals surface area contributed by atoms with E-state index in [9.17, 15) is 13.2 Å². The number of anilines is 2. The first-order chi connectivity index (χ1) is 11.7. The maximum absolute atomic E-state index is 12.6. The second-order valence-electron chi connectivity index (χ2n) is 6.44. The molecule has 1 amide bonds. The van der Waals surface area contributed by atoms with E-state index in [1.807, 2.05) is 51.1 Å². The van der Waals surface area contributed by atoms with Crippen molar-refractivity contribution in [1.29, 1.82) is 0 Å². The molecule has 0 unspecified atom stereocenters. The van der Waals surface area contributed by atoms with Gasteiger partial charge in [0.25, 0.3) is 0 Å². The fourth-order valence-corrected chi connectivity index (χ4v) is 3.53. The zero-order valence-corrected chi connectivity index (χ0v) is 15.6. The van der Waals surface area contributed by atoms with Crippen LogP contribution in [0.4, 0.5) is 11.4 Å². The molecule has 5 nitrogen and oxygen atoms in total. The Bertz CT molecular complexity index is 814. The highest BCUT2D eigenvalue weighted by Crippen LogP contribution is 2.25. The number of amides is 1. The van der Waals surface area contributed by atoms with Crippen molar-refractivity contribution in [3.63, 3.8) is 0 Å². The number of carbonyl (C=O) groups is 1. The molecular weight excluding hydrogens is 336 g/mol. The lowest BCUT2D eigenvalue weighted by Crippen LogP contribution is -2.34. The number of sulfonamides is 1. The first-order valence-electron chi connectivity index (χ1n) is 8.22. The molecule has 0 spiro atoms. The topological polar surface area (TPSA) is 75.3 Å². The molecule has 134 valence electrons. The van der Waals surface area contributed by atoms with Gasteiger partial charge in [0.1, 0.15) is 0 Å². The third-order valence-corrected chi connectivity index (χ3v) is 5.44. The Kier molecular flexibility index (Phi) is 5.85. The van der Waals surface area contributed by atoms with Crippen LogP contribution in [0.2, 0.25) is 0 Å². The van der Waals surface area contributed by atoms with E-state index in [0.29, 0.717) is 17.8 Å². The van der Waals surface area contributed by atoms with E-state index >= 15 is 0 Å². The van der Waals surface area contributed by atoms with Crippen molar-refractivity contribution in [2.75, 3.05) is 15.8 Å². The number of carbonyl (C=O) groups excluding carboxylic acids is 1. The molecule has 2 rings (SSSR count). The first kappa shape index (κ1) is 19.0. The van der Waals surface area contributed by atoms with Crippen LogP contribution in [-0.2, 0) is 20.2 Å². The molecule has 2 aromatic rings. The minimum absolute atomic E-state index is 0.0801. The smallest absolute Gasteiger partial charge is 0.234 e. The Morgan fingerprint density at radius 2 is 1.52 bits per heavy atom. The fourth-order valence-electron chi connectivity index (χ4n) is 2.39. The zero-order chi connectivity index (χ0) is 18.5. The zero-order valence-electron chi connectivity index (χ0n) is 14.7. The molecule has 0 atom stereocenters. The number of hydrogen-bond acceptors (Lipinski definition) is 3. The average molecular weight is 360 g/mol. The molecule has 0 aromatic heterocycles. The van der Waals surface area contributed by atoms with E-state index in [1.54, 1.807) is 24.3 Å². The Hall–Kier alpha value is -2.34. The molecule has 2 N–H and O–H groups in total. The molecule has 0 radical (unpaired) electrons. The monoisotopic (exact) mass is 360 g/mol. The van der Waals surface area contributed by atoms with Gasteiger partial charge in [0.2, 0.25) is 15.9 Å². The van der Waals surface area contributed by atoms with Crippen LogP contribution in [0, 0.1) is 0 Å². The quantitative estimate of drug-likeness (QED) is 0.789. The molecule has 0 heterocycles. The summed E-state index contributed by atoms with van der Waals surface area (Å²) in [7, 11) is -3.32. The van der Waals surface area contributed by atoms with Crippen LogP contribution < -0.4 is 10.0 Å². The van der Waals surface area contributed by atoms with Crippen molar-refractivity contribution in [2.45, 2.75) is 32.6 Å². The second-order valence-corrected chi connectivity index (χ2v) is 8.29. The summed E-state index contributed by atoms with van der Waals surface area (Å²) >= 11 is 0. The SMILES string of the molecule is CCCS(=O)(=O)Nc1ccc(NC(=O)C(C)(C)c2ccccc2)cc1. The predicted molar refractivity (Wildman–Crippen MR) is 102 cm³/mol. The first-order valence-corrected chi connectivity index (χ1v) is 9.87. The van der Waals surface area contributed by atoms with Crippen molar-refractivity contribution >= 4 is 27.3 Å². The molecule has 2 aromatic carbocycles. The lowest BCUT2D eigenvalue weighted by atomic mass is 9.83. The van der Waals surface area contributed by atoms with Gasteiger partial charge in [-0.05, 0) is 50.1 Å². The Morgan fingerprint density at radius 3 is 2.08 bits per heavy atom. The van der Waals surface area contributed by atoms with Gasteiger partial charge < -0.3 is 5.32 Å². The number of benzene rings is 2. The normalized spacial score (nSPS) is 11.8. The van der Waals surface area contributed by atoms with E-state index < -0.39 is 15.4 Å². The Balaban J connectivity index is 2.07. The van der Waals surface area contributed by atoms with E-state index in [2.05, 4.69) is 10.0 Å². The summed E-state index contributed by atoms with van der Waals surface area (Å²) < 4.78 is 26.1. The summed E-state index contributed by atoms with van der Waals surface area (Å²) in [4.78, 5) is 12.6. The summed E-state index contributed by atoms with van der Waals surface area (Å²) in [6.07, 6.45) is 0.554. The van der Waals surface area contributed by atoms with Gasteiger partial charge in [-0.25, -0.2) is 8.42 Å². The predicted octanol–water partition coefficient (Wildman–Crippen LogP) is 3.75. The van der Waals surface area contributed by atoms with E-state index in [4.69, 9.17) is 0 Å². The molecule has 0 bridgehead atoms. The van der Waals surface area contributed by atoms with Crippen molar-refractivity contribution in [3.8, 4) is 0 Å². The molecule has 0 aliphatic heterocycles. The van der Waals surface area contributed by atoms with Crippen LogP contribution in [0.5, 0.6) is 0 Å². The fraction of sp³-hybridized carbons (Fsp3) is 0.316. The molecule has 0 saturated carbocycles. The van der Waals surface area contributed by atoms with Gasteiger partial charge in [-0.3, -0.25) is 9.52 Å². The van der Waals surface area contributed by atoms with Gasteiger partial charge in [0.05, 0.1) is 11.2 Å². The van der Waals surface area contributed by atoms with Gasteiger partial charge in [0, 0.05) is 11.4 Å². The van der Waals surface area contributed by atoms with Crippen molar-refractivity contribution in [2.24, 2.45) is 0 Å². The van der Waals surface area contributed by atoms with Crippen molar-refractivity contribution in [3.05, 3.63) is 60.2 Å². The van der Waals surface area contributed by atoms with Gasteiger partial charge in [-0.2, -0.15) is 0 Å². The van der Waals surface area contributed by atoms with Crippen LogP contribution in [0.1, 0.15) is 32.8 Å². The maximum atomic E-state index is 12.6. The summed E-state index contributed by atoms with van der Waals surface area (Å²) in [5.41, 5.74) is 1.35. The van der Waals surface area contributed by atoms with Gasteiger partial charge in [-0.15, -0.1) is 0 Å². The largest absolute Gasteiger partial charge is 0.325 e. The molecule has 0 aliphatic rings. The summed E-state index contributed by atoms with van der Waals surface area (Å²) in [6.45, 7) is 5.54. The summed E-state index contributed by atoms with van der Waals surface area (Å²) in [5, 5.41) is 2.88. The number of rotatable bonds is 7. The Labute approximate surface area is 149 Å². The van der Waals surface area contributed by atoms with Gasteiger partial charge in [0.15, 0.2) is 0 Å². The van der Waals surface area contributed by atoms with Crippen molar-refractivity contribution < 1.29 is 13.2 Å². The minimum atomic E-state index is -3.32. The maximum Gasteiger partial charge on any atom is 0.234 e. The lowest BCUT2D eigenvalue weighted by Gasteiger charge is -2.24. The Morgan fingerprint density at radius 1 is 0.960 bits per heavy atom. The molecule has 6 heteroatoms. The van der Waals surface area contributed by atoms with E-state index in [1.165, 1.54) is 0 Å². The minimum Gasteiger partial charge on any atom is -0.325 e. The molecule has 25 heavy (non-hydrogen) atoms. The highest BCUT2D eigenvalue weighted by molar-refractivity contribution is 7.92. The van der Waals surface area contributed by atoms with E-state index in [0.717, 1.165) is 5.56 Å². The lowest BCUT2D eigenvalue weighted by molar-refractivity contribution is -0.120. The molecule has 0 aliphatic carbocycles. The van der Waals surface area contributed by atoms with E-state index in [-0.39, 0.29) is 11.7 Å². The van der Waals surface area contributed by atoms with Crippen LogP contribution in [0.3, 0.4) is 0 Å². The van der Waals surface area contributed by atoms with Crippen LogP contribution >= 0.6 is 0 Å². The molecule has 0 saturated heterocycles. The number of nitrogens with one attached hydrogen (secondary N) is 2. The molecule has 0 fully saturated rings. The van der Waals surface area contributed by atoms with Crippen LogP contribution in [0.15, 0.2) is 54.6 Å². The summed E-state index contributed by atoms with van der Waals surface area (Å²) in [5.74, 6) is -0.0467. The second kappa shape index (κ2) is 7.70. The number of hydrogen-bond donors (Lipinski definition) is 2. The van der Waals surface area contributed by atoms with Crippen LogP contribution in [0.25, 0.3) is 0 Å². The average Bonchev–Trinajstić information content (AvgIpc) is 2.57. The molecular formula is C19H24N2O3S. The summed E-state index contributed by atoms with van der Waals surface area (Å²) in [6, 6.07) is 16.2. The van der Waals surface area contributed by atoms with Gasteiger partial charge in [-0.1, -0.05) is 37.3 Å². The third-order valence-electron chi connectivity index (χ3n) is 3.95.